The fourth-order valence-corrected chi connectivity index (χ4v) is 3.20. The molecule has 4 heteroatoms. The number of nitrogens with one attached hydrogen (secondary N) is 1. The molecule has 0 saturated heterocycles. The van der Waals surface area contributed by atoms with E-state index in [1.54, 1.807) is 0 Å². The predicted molar refractivity (Wildman–Crippen MR) is 81.8 cm³/mol. The highest BCUT2D eigenvalue weighted by Gasteiger charge is 2.38. The first-order valence-electron chi connectivity index (χ1n) is 7.27. The van der Waals surface area contributed by atoms with Crippen LogP contribution in [0.25, 0.3) is 0 Å². The molecule has 20 heavy (non-hydrogen) atoms. The topological polar surface area (TPSA) is 12.0 Å². The Bertz CT molecular complexity index is 470. The highest BCUT2D eigenvalue weighted by Crippen LogP contribution is 2.44. The maximum Gasteiger partial charge on any atom is 0.143 e. The fourth-order valence-electron chi connectivity index (χ4n) is 2.82. The summed E-state index contributed by atoms with van der Waals surface area (Å²) in [6, 6.07) is 2.77. The van der Waals surface area contributed by atoms with E-state index in [2.05, 4.69) is 35.1 Å². The van der Waals surface area contributed by atoms with E-state index >= 15 is 0 Å². The minimum atomic E-state index is -0.444. The van der Waals surface area contributed by atoms with Crippen LogP contribution in [0, 0.1) is 23.0 Å². The molecule has 2 rings (SSSR count). The van der Waals surface area contributed by atoms with Crippen molar-refractivity contribution in [2.45, 2.75) is 39.5 Å². The lowest BCUT2D eigenvalue weighted by Crippen LogP contribution is -2.43. The van der Waals surface area contributed by atoms with Gasteiger partial charge in [-0.25, -0.2) is 8.78 Å². The highest BCUT2D eigenvalue weighted by atomic mass is 79.9. The van der Waals surface area contributed by atoms with Gasteiger partial charge in [-0.05, 0) is 65.2 Å². The second-order valence-electron chi connectivity index (χ2n) is 6.38. The van der Waals surface area contributed by atoms with Crippen molar-refractivity contribution >= 4 is 15.9 Å². The van der Waals surface area contributed by atoms with Gasteiger partial charge >= 0.3 is 0 Å². The van der Waals surface area contributed by atoms with E-state index < -0.39 is 11.6 Å². The second-order valence-corrected chi connectivity index (χ2v) is 7.23. The molecule has 1 saturated carbocycles. The predicted octanol–water partition coefficient (Wildman–Crippen LogP) is 4.69. The largest absolute Gasteiger partial charge is 0.316 e. The van der Waals surface area contributed by atoms with Crippen LogP contribution < -0.4 is 5.32 Å². The lowest BCUT2D eigenvalue weighted by Gasteiger charge is -2.42. The molecule has 1 aliphatic rings. The van der Waals surface area contributed by atoms with Crippen LogP contribution in [-0.2, 0) is 6.42 Å². The molecule has 0 aromatic heterocycles. The van der Waals surface area contributed by atoms with E-state index in [1.165, 1.54) is 12.1 Å². The molecule has 0 radical (unpaired) electrons. The van der Waals surface area contributed by atoms with Crippen LogP contribution >= 0.6 is 15.9 Å². The Morgan fingerprint density at radius 1 is 1.30 bits per heavy atom. The van der Waals surface area contributed by atoms with E-state index in [1.807, 2.05) is 0 Å². The van der Waals surface area contributed by atoms with Gasteiger partial charge in [0.05, 0.1) is 4.47 Å². The average molecular weight is 346 g/mol. The Morgan fingerprint density at radius 3 is 2.55 bits per heavy atom. The van der Waals surface area contributed by atoms with Crippen molar-refractivity contribution in [1.29, 1.82) is 0 Å². The summed E-state index contributed by atoms with van der Waals surface area (Å²) in [5.74, 6) is -0.285. The molecule has 0 unspecified atom stereocenters. The molecule has 0 atom stereocenters. The first kappa shape index (κ1) is 15.9. The molecule has 1 aromatic rings. The molecular formula is C16H22BrF2N. The summed E-state index contributed by atoms with van der Waals surface area (Å²) < 4.78 is 28.3. The normalized spacial score (nSPS) is 17.3. The first-order valence-corrected chi connectivity index (χ1v) is 8.06. The third kappa shape index (κ3) is 3.59. The zero-order valence-corrected chi connectivity index (χ0v) is 13.7. The first-order chi connectivity index (χ1) is 9.43. The van der Waals surface area contributed by atoms with Crippen LogP contribution in [0.5, 0.6) is 0 Å². The minimum Gasteiger partial charge on any atom is -0.316 e. The molecule has 1 aromatic carbocycles. The highest BCUT2D eigenvalue weighted by molar-refractivity contribution is 9.10. The summed E-state index contributed by atoms with van der Waals surface area (Å²) >= 11 is 3.14. The van der Waals surface area contributed by atoms with Crippen molar-refractivity contribution in [2.75, 3.05) is 13.1 Å². The molecule has 0 amide bonds. The number of rotatable bonds is 6. The smallest absolute Gasteiger partial charge is 0.143 e. The Morgan fingerprint density at radius 2 is 2.00 bits per heavy atom. The molecule has 1 fully saturated rings. The monoisotopic (exact) mass is 345 g/mol. The van der Waals surface area contributed by atoms with Gasteiger partial charge < -0.3 is 5.32 Å². The van der Waals surface area contributed by atoms with Crippen LogP contribution in [0.1, 0.15) is 38.7 Å². The van der Waals surface area contributed by atoms with Crippen molar-refractivity contribution in [1.82, 2.24) is 5.32 Å². The zero-order valence-electron chi connectivity index (χ0n) is 12.1. The van der Waals surface area contributed by atoms with E-state index in [4.69, 9.17) is 0 Å². The van der Waals surface area contributed by atoms with Crippen LogP contribution in [0.3, 0.4) is 0 Å². The number of halogens is 3. The molecule has 1 nitrogen and oxygen atoms in total. The summed E-state index contributed by atoms with van der Waals surface area (Å²) in [6.45, 7) is 6.12. The summed E-state index contributed by atoms with van der Waals surface area (Å²) in [4.78, 5) is 0. The van der Waals surface area contributed by atoms with Crippen LogP contribution in [0.2, 0.25) is 0 Å². The molecule has 1 aliphatic carbocycles. The Labute approximate surface area is 128 Å². The van der Waals surface area contributed by atoms with Crippen molar-refractivity contribution in [3.63, 3.8) is 0 Å². The summed E-state index contributed by atoms with van der Waals surface area (Å²) in [5.41, 5.74) is 0.252. The van der Waals surface area contributed by atoms with Crippen molar-refractivity contribution in [2.24, 2.45) is 11.3 Å². The van der Waals surface area contributed by atoms with Gasteiger partial charge in [-0.15, -0.1) is 0 Å². The van der Waals surface area contributed by atoms with E-state index in [9.17, 15) is 8.78 Å². The van der Waals surface area contributed by atoms with Crippen molar-refractivity contribution in [3.8, 4) is 0 Å². The van der Waals surface area contributed by atoms with E-state index in [-0.39, 0.29) is 11.0 Å². The summed E-state index contributed by atoms with van der Waals surface area (Å²) in [6.07, 6.45) is 3.72. The maximum absolute atomic E-state index is 14.1. The van der Waals surface area contributed by atoms with Gasteiger partial charge in [0.15, 0.2) is 0 Å². The Balaban J connectivity index is 2.08. The van der Waals surface area contributed by atoms with Gasteiger partial charge in [-0.1, -0.05) is 20.3 Å². The maximum atomic E-state index is 14.1. The molecular weight excluding hydrogens is 324 g/mol. The molecule has 112 valence electrons. The van der Waals surface area contributed by atoms with Gasteiger partial charge in [0.2, 0.25) is 0 Å². The SMILES string of the molecule is CC(C)CNCC1(Cc2c(F)ccc(Br)c2F)CCC1. The Hall–Kier alpha value is -0.480. The lowest BCUT2D eigenvalue weighted by molar-refractivity contribution is 0.126. The molecule has 0 aliphatic heterocycles. The van der Waals surface area contributed by atoms with Crippen LogP contribution in [0.15, 0.2) is 16.6 Å². The third-order valence-electron chi connectivity index (χ3n) is 4.16. The molecule has 1 N–H and O–H groups in total. The van der Waals surface area contributed by atoms with E-state index in [0.29, 0.717) is 16.8 Å². The second kappa shape index (κ2) is 6.52. The quantitative estimate of drug-likeness (QED) is 0.737. The number of hydrogen-bond donors (Lipinski definition) is 1. The van der Waals surface area contributed by atoms with Crippen LogP contribution in [0.4, 0.5) is 8.78 Å². The molecule has 0 heterocycles. The van der Waals surface area contributed by atoms with Gasteiger partial charge in [0.1, 0.15) is 11.6 Å². The summed E-state index contributed by atoms with van der Waals surface area (Å²) in [7, 11) is 0. The standard InChI is InChI=1S/C16H22BrF2N/c1-11(2)9-20-10-16(6-3-7-16)8-12-14(18)5-4-13(17)15(12)19/h4-5,11,20H,3,6-10H2,1-2H3. The van der Waals surface area contributed by atoms with Crippen LogP contribution in [-0.4, -0.2) is 13.1 Å². The summed E-state index contributed by atoms with van der Waals surface area (Å²) in [5, 5.41) is 3.44. The van der Waals surface area contributed by atoms with E-state index in [0.717, 1.165) is 32.4 Å². The lowest BCUT2D eigenvalue weighted by atomic mass is 9.65. The Kier molecular flexibility index (Phi) is 5.19. The van der Waals surface area contributed by atoms with Gasteiger partial charge in [0, 0.05) is 12.1 Å². The van der Waals surface area contributed by atoms with Crippen molar-refractivity contribution < 1.29 is 8.78 Å². The molecule has 0 spiro atoms. The number of hydrogen-bond acceptors (Lipinski definition) is 1. The fraction of sp³-hybridized carbons (Fsp3) is 0.625. The van der Waals surface area contributed by atoms with Gasteiger partial charge in [0.25, 0.3) is 0 Å². The zero-order chi connectivity index (χ0) is 14.8. The molecule has 0 bridgehead atoms. The number of benzene rings is 1. The minimum absolute atomic E-state index is 0.0252. The van der Waals surface area contributed by atoms with Crippen molar-refractivity contribution in [3.05, 3.63) is 33.8 Å². The van der Waals surface area contributed by atoms with Gasteiger partial charge in [-0.2, -0.15) is 0 Å². The average Bonchev–Trinajstić information content (AvgIpc) is 2.35. The third-order valence-corrected chi connectivity index (χ3v) is 4.77. The van der Waals surface area contributed by atoms with Gasteiger partial charge in [-0.3, -0.25) is 0 Å².